The third-order valence-electron chi connectivity index (χ3n) is 2.80. The van der Waals surface area contributed by atoms with Crippen LogP contribution in [0.2, 0.25) is 0 Å². The van der Waals surface area contributed by atoms with E-state index in [2.05, 4.69) is 10.0 Å². The summed E-state index contributed by atoms with van der Waals surface area (Å²) in [7, 11) is -3.36. The molecule has 0 aliphatic rings. The van der Waals surface area contributed by atoms with E-state index in [1.54, 1.807) is 11.4 Å². The highest BCUT2D eigenvalue weighted by molar-refractivity contribution is 7.89. The molecular formula is C12H22N2O2S2. The second kappa shape index (κ2) is 7.23. The smallest absolute Gasteiger partial charge is 0.241 e. The van der Waals surface area contributed by atoms with Gasteiger partial charge in [0.25, 0.3) is 0 Å². The van der Waals surface area contributed by atoms with E-state index < -0.39 is 10.0 Å². The first kappa shape index (κ1) is 15.6. The van der Waals surface area contributed by atoms with Crippen LogP contribution in [0.15, 0.2) is 16.3 Å². The predicted molar refractivity (Wildman–Crippen MR) is 76.4 cm³/mol. The fourth-order valence-corrected chi connectivity index (χ4v) is 4.23. The van der Waals surface area contributed by atoms with Gasteiger partial charge in [0.2, 0.25) is 10.0 Å². The summed E-state index contributed by atoms with van der Waals surface area (Å²) in [4.78, 5) is 1.43. The Labute approximate surface area is 114 Å². The maximum atomic E-state index is 12.1. The first-order valence-electron chi connectivity index (χ1n) is 6.33. The summed E-state index contributed by atoms with van der Waals surface area (Å²) in [5.74, 6) is 0. The molecule has 1 aromatic rings. The van der Waals surface area contributed by atoms with E-state index in [1.165, 1.54) is 11.3 Å². The van der Waals surface area contributed by atoms with Crippen molar-refractivity contribution in [3.8, 4) is 0 Å². The van der Waals surface area contributed by atoms with Gasteiger partial charge in [-0.1, -0.05) is 20.8 Å². The zero-order chi connectivity index (χ0) is 13.6. The fraction of sp³-hybridized carbons (Fsp3) is 0.667. The SMILES string of the molecule is CCNCc1cc(S(=O)(=O)NC(CC)CC)cs1. The van der Waals surface area contributed by atoms with Crippen LogP contribution in [0.25, 0.3) is 0 Å². The van der Waals surface area contributed by atoms with E-state index >= 15 is 0 Å². The molecule has 0 saturated carbocycles. The number of thiophene rings is 1. The lowest BCUT2D eigenvalue weighted by Crippen LogP contribution is -2.33. The molecule has 0 aromatic carbocycles. The van der Waals surface area contributed by atoms with E-state index in [9.17, 15) is 8.42 Å². The van der Waals surface area contributed by atoms with Gasteiger partial charge < -0.3 is 5.32 Å². The third-order valence-corrected chi connectivity index (χ3v) is 5.38. The Morgan fingerprint density at radius 3 is 2.50 bits per heavy atom. The van der Waals surface area contributed by atoms with Gasteiger partial charge in [-0.3, -0.25) is 0 Å². The molecular weight excluding hydrogens is 268 g/mol. The van der Waals surface area contributed by atoms with Crippen LogP contribution in [0.5, 0.6) is 0 Å². The van der Waals surface area contributed by atoms with Gasteiger partial charge in [0.1, 0.15) is 0 Å². The molecule has 18 heavy (non-hydrogen) atoms. The number of hydrogen-bond donors (Lipinski definition) is 2. The van der Waals surface area contributed by atoms with Crippen LogP contribution in [0.3, 0.4) is 0 Å². The third kappa shape index (κ3) is 4.35. The zero-order valence-corrected chi connectivity index (χ0v) is 12.8. The van der Waals surface area contributed by atoms with Crippen molar-refractivity contribution in [3.05, 3.63) is 16.3 Å². The van der Waals surface area contributed by atoms with Crippen molar-refractivity contribution in [2.45, 2.75) is 51.1 Å². The lowest BCUT2D eigenvalue weighted by Gasteiger charge is -2.13. The van der Waals surface area contributed by atoms with Crippen molar-refractivity contribution in [2.75, 3.05) is 6.54 Å². The molecule has 0 saturated heterocycles. The van der Waals surface area contributed by atoms with Crippen molar-refractivity contribution >= 4 is 21.4 Å². The Morgan fingerprint density at radius 2 is 1.94 bits per heavy atom. The summed E-state index contributed by atoms with van der Waals surface area (Å²) in [6, 6.07) is 1.77. The van der Waals surface area contributed by atoms with Crippen molar-refractivity contribution in [2.24, 2.45) is 0 Å². The maximum absolute atomic E-state index is 12.1. The second-order valence-electron chi connectivity index (χ2n) is 4.16. The van der Waals surface area contributed by atoms with Crippen molar-refractivity contribution in [1.29, 1.82) is 0 Å². The minimum atomic E-state index is -3.36. The Kier molecular flexibility index (Phi) is 6.28. The van der Waals surface area contributed by atoms with Crippen LogP contribution >= 0.6 is 11.3 Å². The highest BCUT2D eigenvalue weighted by Gasteiger charge is 2.19. The average molecular weight is 290 g/mol. The molecule has 104 valence electrons. The molecule has 0 aliphatic heterocycles. The lowest BCUT2D eigenvalue weighted by molar-refractivity contribution is 0.530. The van der Waals surface area contributed by atoms with Crippen LogP contribution in [0.1, 0.15) is 38.5 Å². The largest absolute Gasteiger partial charge is 0.312 e. The highest BCUT2D eigenvalue weighted by atomic mass is 32.2. The molecule has 0 fully saturated rings. The van der Waals surface area contributed by atoms with Gasteiger partial charge in [0.05, 0.1) is 4.90 Å². The molecule has 6 heteroatoms. The van der Waals surface area contributed by atoms with Gasteiger partial charge >= 0.3 is 0 Å². The Morgan fingerprint density at radius 1 is 1.28 bits per heavy atom. The minimum Gasteiger partial charge on any atom is -0.312 e. The van der Waals surface area contributed by atoms with Crippen LogP contribution in [0.4, 0.5) is 0 Å². The topological polar surface area (TPSA) is 58.2 Å². The van der Waals surface area contributed by atoms with Gasteiger partial charge in [-0.2, -0.15) is 0 Å². The number of nitrogens with one attached hydrogen (secondary N) is 2. The normalized spacial score (nSPS) is 12.2. The van der Waals surface area contributed by atoms with E-state index in [0.29, 0.717) is 4.90 Å². The first-order valence-corrected chi connectivity index (χ1v) is 8.70. The molecule has 1 rings (SSSR count). The summed E-state index contributed by atoms with van der Waals surface area (Å²) in [5, 5.41) is 4.89. The molecule has 0 radical (unpaired) electrons. The Bertz CT molecular complexity index is 450. The summed E-state index contributed by atoms with van der Waals surface area (Å²) < 4.78 is 27.0. The van der Waals surface area contributed by atoms with Crippen molar-refractivity contribution < 1.29 is 8.42 Å². The average Bonchev–Trinajstić information content (AvgIpc) is 2.83. The van der Waals surface area contributed by atoms with E-state index in [4.69, 9.17) is 0 Å². The molecule has 2 N–H and O–H groups in total. The Balaban J connectivity index is 2.75. The van der Waals surface area contributed by atoms with Gasteiger partial charge in [-0.15, -0.1) is 11.3 Å². The van der Waals surface area contributed by atoms with Gasteiger partial charge in [-0.25, -0.2) is 13.1 Å². The molecule has 0 atom stereocenters. The second-order valence-corrected chi connectivity index (χ2v) is 6.87. The lowest BCUT2D eigenvalue weighted by atomic mass is 10.2. The quantitative estimate of drug-likeness (QED) is 0.772. The van der Waals surface area contributed by atoms with E-state index in [0.717, 1.165) is 30.8 Å². The standard InChI is InChI=1S/C12H22N2O2S2/c1-4-10(5-2)14-18(15,16)12-7-11(17-9-12)8-13-6-3/h7,9-10,13-14H,4-6,8H2,1-3H3. The molecule has 0 spiro atoms. The zero-order valence-electron chi connectivity index (χ0n) is 11.2. The molecule has 4 nitrogen and oxygen atoms in total. The van der Waals surface area contributed by atoms with Crippen LogP contribution in [-0.2, 0) is 16.6 Å². The predicted octanol–water partition coefficient (Wildman–Crippen LogP) is 2.32. The van der Waals surface area contributed by atoms with Crippen molar-refractivity contribution in [3.63, 3.8) is 0 Å². The number of sulfonamides is 1. The molecule has 0 aliphatic carbocycles. The summed E-state index contributed by atoms with van der Waals surface area (Å²) in [5.41, 5.74) is 0. The van der Waals surface area contributed by atoms with Gasteiger partial charge in [0, 0.05) is 22.8 Å². The van der Waals surface area contributed by atoms with Crippen LogP contribution in [0, 0.1) is 0 Å². The monoisotopic (exact) mass is 290 g/mol. The maximum Gasteiger partial charge on any atom is 0.241 e. The molecule has 0 bridgehead atoms. The Hall–Kier alpha value is -0.430. The summed E-state index contributed by atoms with van der Waals surface area (Å²) in [6.45, 7) is 7.61. The molecule has 1 aromatic heterocycles. The summed E-state index contributed by atoms with van der Waals surface area (Å²) in [6.07, 6.45) is 1.62. The highest BCUT2D eigenvalue weighted by Crippen LogP contribution is 2.19. The first-order chi connectivity index (χ1) is 8.53. The molecule has 1 heterocycles. The molecule has 0 unspecified atom stereocenters. The number of rotatable bonds is 8. The summed E-state index contributed by atoms with van der Waals surface area (Å²) >= 11 is 1.48. The minimum absolute atomic E-state index is 0.0205. The molecule has 0 amide bonds. The van der Waals surface area contributed by atoms with Gasteiger partial charge in [-0.05, 0) is 25.5 Å². The van der Waals surface area contributed by atoms with Crippen LogP contribution < -0.4 is 10.0 Å². The fourth-order valence-electron chi connectivity index (χ4n) is 1.59. The number of hydrogen-bond acceptors (Lipinski definition) is 4. The van der Waals surface area contributed by atoms with E-state index in [-0.39, 0.29) is 6.04 Å². The van der Waals surface area contributed by atoms with Gasteiger partial charge in [0.15, 0.2) is 0 Å². The van der Waals surface area contributed by atoms with Crippen molar-refractivity contribution in [1.82, 2.24) is 10.0 Å². The van der Waals surface area contributed by atoms with Crippen LogP contribution in [-0.4, -0.2) is 21.0 Å². The van der Waals surface area contributed by atoms with E-state index in [1.807, 2.05) is 20.8 Å².